The summed E-state index contributed by atoms with van der Waals surface area (Å²) in [6.07, 6.45) is -1.99. The number of azide groups is 1. The number of nitrogens with zero attached hydrogens (tertiary/aromatic N) is 3. The maximum Gasteiger partial charge on any atom is 0.338 e. The lowest BCUT2D eigenvalue weighted by Gasteiger charge is -2.42. The van der Waals surface area contributed by atoms with Crippen molar-refractivity contribution in [3.05, 3.63) is 46.3 Å². The van der Waals surface area contributed by atoms with Gasteiger partial charge in [0.2, 0.25) is 6.29 Å². The zero-order valence-electron chi connectivity index (χ0n) is 16.2. The highest BCUT2D eigenvalue weighted by atomic mass is 16.7. The number of benzene rings is 1. The quantitative estimate of drug-likeness (QED) is 0.220. The maximum absolute atomic E-state index is 12.6. The average molecular weight is 391 g/mol. The van der Waals surface area contributed by atoms with E-state index in [2.05, 4.69) is 10.0 Å². The molecule has 1 aromatic carbocycles. The summed E-state index contributed by atoms with van der Waals surface area (Å²) in [6.45, 7) is 5.25. The number of unbranched alkanes of at least 4 members (excludes halogenated alkanes) is 1. The van der Waals surface area contributed by atoms with Crippen LogP contribution in [0.3, 0.4) is 0 Å². The van der Waals surface area contributed by atoms with Crippen LogP contribution < -0.4 is 0 Å². The zero-order chi connectivity index (χ0) is 20.5. The summed E-state index contributed by atoms with van der Waals surface area (Å²) < 4.78 is 22.5. The zero-order valence-corrected chi connectivity index (χ0v) is 16.2. The number of ether oxygens (including phenoxy) is 4. The second-order valence-corrected chi connectivity index (χ2v) is 6.44. The number of carbonyl (C=O) groups excluding carboxylic acids is 2. The Morgan fingerprint density at radius 1 is 1.21 bits per heavy atom. The Kier molecular flexibility index (Phi) is 8.25. The molecule has 0 aliphatic carbocycles. The monoisotopic (exact) mass is 391 g/mol. The first-order chi connectivity index (χ1) is 13.5. The van der Waals surface area contributed by atoms with E-state index in [0.717, 1.165) is 12.8 Å². The van der Waals surface area contributed by atoms with Gasteiger partial charge in [0, 0.05) is 18.4 Å². The van der Waals surface area contributed by atoms with E-state index in [0.29, 0.717) is 12.2 Å². The summed E-state index contributed by atoms with van der Waals surface area (Å²) >= 11 is 0. The van der Waals surface area contributed by atoms with E-state index in [1.165, 1.54) is 6.92 Å². The van der Waals surface area contributed by atoms with Gasteiger partial charge in [-0.3, -0.25) is 4.79 Å². The third-order valence-corrected chi connectivity index (χ3v) is 4.29. The molecule has 0 aromatic heterocycles. The molecular weight excluding hydrogens is 366 g/mol. The first kappa shape index (κ1) is 21.7. The highest BCUT2D eigenvalue weighted by Gasteiger charge is 2.48. The van der Waals surface area contributed by atoms with Crippen LogP contribution in [0.5, 0.6) is 0 Å². The van der Waals surface area contributed by atoms with E-state index in [9.17, 15) is 9.59 Å². The molecule has 1 aliphatic rings. The molecule has 0 saturated carbocycles. The Balaban J connectivity index is 2.32. The van der Waals surface area contributed by atoms with E-state index in [1.54, 1.807) is 37.3 Å². The molecule has 1 heterocycles. The highest BCUT2D eigenvalue weighted by Crippen LogP contribution is 2.30. The minimum absolute atomic E-state index is 0.345. The first-order valence-corrected chi connectivity index (χ1v) is 9.22. The van der Waals surface area contributed by atoms with Crippen molar-refractivity contribution in [3.63, 3.8) is 0 Å². The molecule has 0 amide bonds. The van der Waals surface area contributed by atoms with Gasteiger partial charge < -0.3 is 18.9 Å². The molecule has 1 fully saturated rings. The van der Waals surface area contributed by atoms with Gasteiger partial charge in [0.05, 0.1) is 11.7 Å². The molecule has 1 aromatic rings. The SMILES string of the molecule is CCCCO[C@@H]1C(OC(=O)c2ccccc2)[C@H](N=[N+]=[N-])C(C)O[C@@H]1OC(C)=O. The number of carbonyl (C=O) groups is 2. The molecule has 9 nitrogen and oxygen atoms in total. The molecule has 0 N–H and O–H groups in total. The van der Waals surface area contributed by atoms with Crippen LogP contribution >= 0.6 is 0 Å². The summed E-state index contributed by atoms with van der Waals surface area (Å²) in [5.41, 5.74) is 9.30. The summed E-state index contributed by atoms with van der Waals surface area (Å²) in [6, 6.07) is 7.60. The molecule has 1 saturated heterocycles. The average Bonchev–Trinajstić information content (AvgIpc) is 2.67. The van der Waals surface area contributed by atoms with E-state index < -0.39 is 42.6 Å². The number of rotatable bonds is 8. The predicted octanol–water partition coefficient (Wildman–Crippen LogP) is 3.38. The van der Waals surface area contributed by atoms with Gasteiger partial charge in [0.25, 0.3) is 0 Å². The van der Waals surface area contributed by atoms with Crippen LogP contribution in [0.2, 0.25) is 0 Å². The van der Waals surface area contributed by atoms with Gasteiger partial charge in [-0.25, -0.2) is 4.79 Å². The Morgan fingerprint density at radius 3 is 2.54 bits per heavy atom. The van der Waals surface area contributed by atoms with Gasteiger partial charge >= 0.3 is 11.9 Å². The third kappa shape index (κ3) is 5.69. The lowest BCUT2D eigenvalue weighted by atomic mass is 9.97. The van der Waals surface area contributed by atoms with Crippen molar-refractivity contribution in [2.75, 3.05) is 6.61 Å². The maximum atomic E-state index is 12.6. The summed E-state index contributed by atoms with van der Waals surface area (Å²) in [5.74, 6) is -1.15. The van der Waals surface area contributed by atoms with Crippen molar-refractivity contribution in [1.29, 1.82) is 0 Å². The lowest BCUT2D eigenvalue weighted by Crippen LogP contribution is -2.59. The standard InChI is InChI=1S/C19H25N3O6/c1-4-5-11-25-17-16(28-18(24)14-9-7-6-8-10-14)15(21-22-20)12(2)26-19(17)27-13(3)23/h6-10,12,15-17,19H,4-5,11H2,1-3H3/t12?,15-,16?,17-,19-/m1/s1. The minimum atomic E-state index is -1.08. The van der Waals surface area contributed by atoms with Crippen LogP contribution in [0.15, 0.2) is 35.4 Å². The minimum Gasteiger partial charge on any atom is -0.455 e. The van der Waals surface area contributed by atoms with Crippen molar-refractivity contribution in [3.8, 4) is 0 Å². The third-order valence-electron chi connectivity index (χ3n) is 4.29. The molecule has 2 unspecified atom stereocenters. The molecule has 152 valence electrons. The van der Waals surface area contributed by atoms with E-state index in [-0.39, 0.29) is 0 Å². The Labute approximate surface area is 163 Å². The van der Waals surface area contributed by atoms with E-state index in [1.807, 2.05) is 6.92 Å². The predicted molar refractivity (Wildman–Crippen MR) is 99.3 cm³/mol. The summed E-state index contributed by atoms with van der Waals surface area (Å²) in [7, 11) is 0. The largest absolute Gasteiger partial charge is 0.455 e. The van der Waals surface area contributed by atoms with Crippen LogP contribution in [0, 0.1) is 0 Å². The van der Waals surface area contributed by atoms with Crippen LogP contribution in [0.1, 0.15) is 44.0 Å². The molecule has 28 heavy (non-hydrogen) atoms. The van der Waals surface area contributed by atoms with Crippen molar-refractivity contribution < 1.29 is 28.5 Å². The molecule has 0 spiro atoms. The van der Waals surface area contributed by atoms with Crippen LogP contribution in [0.4, 0.5) is 0 Å². The first-order valence-electron chi connectivity index (χ1n) is 9.22. The highest BCUT2D eigenvalue weighted by molar-refractivity contribution is 5.89. The Hall–Kier alpha value is -2.61. The fraction of sp³-hybridized carbons (Fsp3) is 0.579. The molecule has 2 rings (SSSR count). The number of hydrogen-bond acceptors (Lipinski definition) is 7. The molecule has 9 heteroatoms. The van der Waals surface area contributed by atoms with Crippen molar-refractivity contribution >= 4 is 11.9 Å². The van der Waals surface area contributed by atoms with Gasteiger partial charge in [0.15, 0.2) is 6.10 Å². The molecule has 0 radical (unpaired) electrons. The fourth-order valence-electron chi connectivity index (χ4n) is 2.90. The molecule has 1 aliphatic heterocycles. The number of hydrogen-bond donors (Lipinski definition) is 0. The van der Waals surface area contributed by atoms with Crippen LogP contribution in [-0.4, -0.2) is 49.2 Å². The second-order valence-electron chi connectivity index (χ2n) is 6.44. The Morgan fingerprint density at radius 2 is 1.93 bits per heavy atom. The van der Waals surface area contributed by atoms with Gasteiger partial charge in [-0.15, -0.1) is 0 Å². The van der Waals surface area contributed by atoms with Gasteiger partial charge in [-0.1, -0.05) is 36.7 Å². The summed E-state index contributed by atoms with van der Waals surface area (Å²) in [4.78, 5) is 27.0. The summed E-state index contributed by atoms with van der Waals surface area (Å²) in [5, 5.41) is 3.74. The van der Waals surface area contributed by atoms with Gasteiger partial charge in [0.1, 0.15) is 12.1 Å². The topological polar surface area (TPSA) is 120 Å². The van der Waals surface area contributed by atoms with E-state index in [4.69, 9.17) is 24.5 Å². The Bertz CT molecular complexity index is 707. The molecule has 5 atom stereocenters. The number of esters is 2. The van der Waals surface area contributed by atoms with Gasteiger partial charge in [-0.2, -0.15) is 0 Å². The fourth-order valence-corrected chi connectivity index (χ4v) is 2.90. The second kappa shape index (κ2) is 10.7. The molecular formula is C19H25N3O6. The van der Waals surface area contributed by atoms with Crippen LogP contribution in [-0.2, 0) is 23.7 Å². The lowest BCUT2D eigenvalue weighted by molar-refractivity contribution is -0.270. The van der Waals surface area contributed by atoms with Crippen molar-refractivity contribution in [2.45, 2.75) is 64.3 Å². The van der Waals surface area contributed by atoms with Crippen molar-refractivity contribution in [1.82, 2.24) is 0 Å². The van der Waals surface area contributed by atoms with Crippen LogP contribution in [0.25, 0.3) is 10.4 Å². The van der Waals surface area contributed by atoms with E-state index >= 15 is 0 Å². The van der Waals surface area contributed by atoms with Crippen molar-refractivity contribution in [2.24, 2.45) is 5.11 Å². The smallest absolute Gasteiger partial charge is 0.338 e. The normalized spacial score (nSPS) is 26.8. The molecule has 0 bridgehead atoms. The van der Waals surface area contributed by atoms with Gasteiger partial charge in [-0.05, 0) is 31.0 Å².